The van der Waals surface area contributed by atoms with Crippen LogP contribution in [0.4, 0.5) is 18.9 Å². The van der Waals surface area contributed by atoms with Gasteiger partial charge in [-0.15, -0.1) is 0 Å². The third-order valence-electron chi connectivity index (χ3n) is 3.35. The molecule has 0 unspecified atom stereocenters. The van der Waals surface area contributed by atoms with E-state index in [0.717, 1.165) is 13.0 Å². The molecule has 0 aromatic heterocycles. The summed E-state index contributed by atoms with van der Waals surface area (Å²) in [7, 11) is 5.76. The van der Waals surface area contributed by atoms with Crippen molar-refractivity contribution in [2.75, 3.05) is 45.7 Å². The second kappa shape index (κ2) is 7.66. The Hall–Kier alpha value is -1.27. The fraction of sp³-hybridized carbons (Fsp3) is 0.600. The van der Waals surface area contributed by atoms with E-state index in [-0.39, 0.29) is 18.5 Å². The number of nitrogens with zero attached hydrogens (tertiary/aromatic N) is 2. The largest absolute Gasteiger partial charge is 0.416 e. The third kappa shape index (κ3) is 5.55. The lowest BCUT2D eigenvalue weighted by Crippen LogP contribution is -2.24. The van der Waals surface area contributed by atoms with Crippen molar-refractivity contribution >= 4 is 5.69 Å². The lowest BCUT2D eigenvalue weighted by molar-refractivity contribution is -0.138. The first-order chi connectivity index (χ1) is 9.75. The number of hydrogen-bond acceptors (Lipinski definition) is 3. The topological polar surface area (TPSA) is 32.5 Å². The normalized spacial score (nSPS) is 12.0. The first-order valence-electron chi connectivity index (χ1n) is 7.01. The smallest absolute Gasteiger partial charge is 0.375 e. The quantitative estimate of drug-likeness (QED) is 0.840. The van der Waals surface area contributed by atoms with E-state index in [1.807, 2.05) is 26.0 Å². The third-order valence-corrected chi connectivity index (χ3v) is 3.35. The molecule has 2 N–H and O–H groups in total. The average molecular weight is 303 g/mol. The fourth-order valence-electron chi connectivity index (χ4n) is 2.19. The predicted octanol–water partition coefficient (Wildman–Crippen LogP) is 2.59. The van der Waals surface area contributed by atoms with E-state index in [4.69, 9.17) is 5.73 Å². The van der Waals surface area contributed by atoms with E-state index < -0.39 is 11.7 Å². The summed E-state index contributed by atoms with van der Waals surface area (Å²) < 4.78 is 39.3. The molecule has 0 heterocycles. The van der Waals surface area contributed by atoms with Gasteiger partial charge in [-0.3, -0.25) is 0 Å². The molecule has 0 aliphatic rings. The van der Waals surface area contributed by atoms with Gasteiger partial charge in [0.25, 0.3) is 0 Å². The van der Waals surface area contributed by atoms with E-state index >= 15 is 0 Å². The Morgan fingerprint density at radius 2 is 1.76 bits per heavy atom. The molecule has 0 radical (unpaired) electrons. The Morgan fingerprint density at radius 3 is 2.29 bits per heavy atom. The van der Waals surface area contributed by atoms with Crippen molar-refractivity contribution in [1.29, 1.82) is 0 Å². The van der Waals surface area contributed by atoms with E-state index in [2.05, 4.69) is 4.90 Å². The van der Waals surface area contributed by atoms with Crippen molar-refractivity contribution in [2.24, 2.45) is 5.73 Å². The molecular weight excluding hydrogens is 279 g/mol. The van der Waals surface area contributed by atoms with Crippen LogP contribution in [0.1, 0.15) is 17.5 Å². The van der Waals surface area contributed by atoms with Gasteiger partial charge in [-0.2, -0.15) is 13.2 Å². The molecule has 0 atom stereocenters. The van der Waals surface area contributed by atoms with Crippen molar-refractivity contribution in [2.45, 2.75) is 19.0 Å². The maximum atomic E-state index is 13.1. The van der Waals surface area contributed by atoms with Gasteiger partial charge in [0.1, 0.15) is 0 Å². The Bertz CT molecular complexity index is 444. The van der Waals surface area contributed by atoms with Gasteiger partial charge in [0.05, 0.1) is 5.56 Å². The number of rotatable bonds is 7. The minimum absolute atomic E-state index is 0.209. The molecule has 0 aliphatic heterocycles. The van der Waals surface area contributed by atoms with Crippen LogP contribution in [0.15, 0.2) is 18.2 Å². The highest BCUT2D eigenvalue weighted by molar-refractivity contribution is 5.51. The highest BCUT2D eigenvalue weighted by atomic mass is 19.4. The molecule has 0 fully saturated rings. The van der Waals surface area contributed by atoms with Crippen LogP contribution in [0.25, 0.3) is 0 Å². The molecule has 1 rings (SSSR count). The van der Waals surface area contributed by atoms with Crippen molar-refractivity contribution < 1.29 is 13.2 Å². The predicted molar refractivity (Wildman–Crippen MR) is 80.6 cm³/mol. The van der Waals surface area contributed by atoms with Crippen LogP contribution in [0.2, 0.25) is 0 Å². The second-order valence-corrected chi connectivity index (χ2v) is 5.46. The zero-order valence-electron chi connectivity index (χ0n) is 12.9. The molecule has 0 saturated heterocycles. The second-order valence-electron chi connectivity index (χ2n) is 5.46. The number of hydrogen-bond donors (Lipinski definition) is 1. The Morgan fingerprint density at radius 1 is 1.10 bits per heavy atom. The van der Waals surface area contributed by atoms with Gasteiger partial charge >= 0.3 is 6.18 Å². The summed E-state index contributed by atoms with van der Waals surface area (Å²) in [5, 5.41) is 0. The summed E-state index contributed by atoms with van der Waals surface area (Å²) in [5.74, 6) is 0. The first-order valence-corrected chi connectivity index (χ1v) is 7.01. The van der Waals surface area contributed by atoms with Gasteiger partial charge in [-0.05, 0) is 57.7 Å². The van der Waals surface area contributed by atoms with Crippen LogP contribution < -0.4 is 10.6 Å². The molecule has 0 amide bonds. The Kier molecular flexibility index (Phi) is 6.48. The van der Waals surface area contributed by atoms with Crippen LogP contribution in [0.3, 0.4) is 0 Å². The zero-order chi connectivity index (χ0) is 16.0. The van der Waals surface area contributed by atoms with E-state index in [0.29, 0.717) is 12.2 Å². The average Bonchev–Trinajstić information content (AvgIpc) is 2.37. The number of halogens is 3. The molecule has 0 aliphatic carbocycles. The molecule has 1 aromatic carbocycles. The molecule has 0 bridgehead atoms. The summed E-state index contributed by atoms with van der Waals surface area (Å²) in [5.41, 5.74) is 5.65. The number of anilines is 1. The fourth-order valence-corrected chi connectivity index (χ4v) is 2.19. The standard InChI is InChI=1S/C15H24F3N3/c1-20(2)9-4-10-21(3)13-6-5-12(7-8-19)14(11-13)15(16,17)18/h5-6,11H,4,7-10,19H2,1-3H3. The summed E-state index contributed by atoms with van der Waals surface area (Å²) >= 11 is 0. The Labute approximate surface area is 124 Å². The maximum Gasteiger partial charge on any atom is 0.416 e. The van der Waals surface area contributed by atoms with E-state index in [1.54, 1.807) is 6.07 Å². The van der Waals surface area contributed by atoms with E-state index in [1.165, 1.54) is 12.1 Å². The number of alkyl halides is 3. The van der Waals surface area contributed by atoms with Gasteiger partial charge in [-0.25, -0.2) is 0 Å². The van der Waals surface area contributed by atoms with Crippen LogP contribution in [0.5, 0.6) is 0 Å². The van der Waals surface area contributed by atoms with Crippen LogP contribution in [-0.4, -0.2) is 45.7 Å². The summed E-state index contributed by atoms with van der Waals surface area (Å²) in [6.45, 7) is 1.83. The molecular formula is C15H24F3N3. The zero-order valence-corrected chi connectivity index (χ0v) is 12.9. The lowest BCUT2D eigenvalue weighted by atomic mass is 10.0. The highest BCUT2D eigenvalue weighted by Crippen LogP contribution is 2.34. The van der Waals surface area contributed by atoms with Crippen molar-refractivity contribution in [3.05, 3.63) is 29.3 Å². The van der Waals surface area contributed by atoms with Gasteiger partial charge in [0.15, 0.2) is 0 Å². The van der Waals surface area contributed by atoms with Crippen LogP contribution in [0, 0.1) is 0 Å². The molecule has 6 heteroatoms. The molecule has 3 nitrogen and oxygen atoms in total. The molecule has 0 spiro atoms. The van der Waals surface area contributed by atoms with Crippen molar-refractivity contribution in [3.8, 4) is 0 Å². The lowest BCUT2D eigenvalue weighted by Gasteiger charge is -2.23. The van der Waals surface area contributed by atoms with Crippen LogP contribution >= 0.6 is 0 Å². The van der Waals surface area contributed by atoms with Gasteiger partial charge in [-0.1, -0.05) is 6.07 Å². The summed E-state index contributed by atoms with van der Waals surface area (Å²) in [4.78, 5) is 3.91. The number of nitrogens with two attached hydrogens (primary N) is 1. The molecule has 1 aromatic rings. The van der Waals surface area contributed by atoms with Gasteiger partial charge < -0.3 is 15.5 Å². The first kappa shape index (κ1) is 17.8. The summed E-state index contributed by atoms with van der Waals surface area (Å²) in [6.07, 6.45) is -3.21. The van der Waals surface area contributed by atoms with Gasteiger partial charge in [0.2, 0.25) is 0 Å². The molecule has 0 saturated carbocycles. The summed E-state index contributed by atoms with van der Waals surface area (Å²) in [6, 6.07) is 4.49. The Balaban J connectivity index is 2.89. The number of benzene rings is 1. The molecule has 120 valence electrons. The van der Waals surface area contributed by atoms with Crippen molar-refractivity contribution in [1.82, 2.24) is 4.90 Å². The van der Waals surface area contributed by atoms with Crippen molar-refractivity contribution in [3.63, 3.8) is 0 Å². The van der Waals surface area contributed by atoms with E-state index in [9.17, 15) is 13.2 Å². The minimum atomic E-state index is -4.34. The van der Waals surface area contributed by atoms with Gasteiger partial charge in [0, 0.05) is 19.3 Å². The van der Waals surface area contributed by atoms with Crippen LogP contribution in [-0.2, 0) is 12.6 Å². The maximum absolute atomic E-state index is 13.1. The molecule has 21 heavy (non-hydrogen) atoms. The monoisotopic (exact) mass is 303 g/mol. The SMILES string of the molecule is CN(C)CCCN(C)c1ccc(CCN)c(C(F)(F)F)c1. The highest BCUT2D eigenvalue weighted by Gasteiger charge is 2.33. The minimum Gasteiger partial charge on any atom is -0.375 e.